The summed E-state index contributed by atoms with van der Waals surface area (Å²) in [5, 5.41) is 8.36. The summed E-state index contributed by atoms with van der Waals surface area (Å²) in [6, 6.07) is 20.2. The quantitative estimate of drug-likeness (QED) is 0.462. The van der Waals surface area contributed by atoms with E-state index in [0.29, 0.717) is 0 Å². The summed E-state index contributed by atoms with van der Waals surface area (Å²) in [4.78, 5) is 6.44. The molecule has 0 N–H and O–H groups in total. The van der Waals surface area contributed by atoms with E-state index in [4.69, 9.17) is 4.74 Å². The van der Waals surface area contributed by atoms with E-state index in [1.807, 2.05) is 54.6 Å². The van der Waals surface area contributed by atoms with Crippen LogP contribution in [0.25, 0.3) is 20.8 Å². The molecule has 4 aromatic rings. The summed E-state index contributed by atoms with van der Waals surface area (Å²) in [5.41, 5.74) is 2.96. The molecule has 0 saturated heterocycles. The Balaban J connectivity index is 1.67. The lowest BCUT2D eigenvalue weighted by atomic mass is 10.1. The number of rotatable bonds is 5. The van der Waals surface area contributed by atoms with Crippen molar-refractivity contribution in [1.82, 2.24) is 15.2 Å². The zero-order valence-corrected chi connectivity index (χ0v) is 14.2. The molecule has 0 aliphatic heterocycles. The monoisotopic (exact) mass is 345 g/mol. The Kier molecular flexibility index (Phi) is 4.23. The predicted molar refractivity (Wildman–Crippen MR) is 101 cm³/mol. The molecule has 25 heavy (non-hydrogen) atoms. The summed E-state index contributed by atoms with van der Waals surface area (Å²) in [7, 11) is 0. The molecule has 0 aliphatic carbocycles. The topological polar surface area (TPSA) is 47.9 Å². The van der Waals surface area contributed by atoms with Gasteiger partial charge in [0.2, 0.25) is 0 Å². The van der Waals surface area contributed by atoms with Gasteiger partial charge < -0.3 is 4.74 Å². The zero-order valence-electron chi connectivity index (χ0n) is 13.4. The molecule has 2 aromatic heterocycles. The summed E-state index contributed by atoms with van der Waals surface area (Å²) in [5.74, 6) is 0.725. The molecule has 2 aromatic carbocycles. The van der Waals surface area contributed by atoms with Crippen LogP contribution < -0.4 is 4.74 Å². The number of fused-ring (bicyclic) bond motifs is 1. The van der Waals surface area contributed by atoms with Gasteiger partial charge in [0.25, 0.3) is 0 Å². The number of thiophene rings is 1. The molecule has 0 unspecified atom stereocenters. The van der Waals surface area contributed by atoms with Gasteiger partial charge in [-0.2, -0.15) is 4.98 Å². The van der Waals surface area contributed by atoms with Gasteiger partial charge in [-0.25, -0.2) is 0 Å². The highest BCUT2D eigenvalue weighted by Gasteiger charge is 2.11. The molecule has 0 amide bonds. The van der Waals surface area contributed by atoms with Gasteiger partial charge in [-0.05, 0) is 29.7 Å². The largest absolute Gasteiger partial charge is 0.423 e. The lowest BCUT2D eigenvalue weighted by molar-refractivity contribution is 0.433. The minimum absolute atomic E-state index is 0.255. The van der Waals surface area contributed by atoms with Gasteiger partial charge in [0.1, 0.15) is 16.1 Å². The third kappa shape index (κ3) is 3.27. The van der Waals surface area contributed by atoms with E-state index in [2.05, 4.69) is 33.9 Å². The third-order valence-electron chi connectivity index (χ3n) is 3.73. The maximum absolute atomic E-state index is 5.86. The SMILES string of the molecule is C=CCc1ccccc1Oc1nnc2cc(-c3ccccc3)sc2n1. The standard InChI is InChI=1S/C20H15N3OS/c1-2-8-14-9-6-7-12-17(14)24-20-21-19-16(22-23-20)13-18(25-19)15-10-4-3-5-11-15/h2-7,9-13H,1,8H2. The number of hydrogen-bond donors (Lipinski definition) is 0. The van der Waals surface area contributed by atoms with E-state index in [9.17, 15) is 0 Å². The van der Waals surface area contributed by atoms with E-state index in [1.165, 1.54) is 0 Å². The fraction of sp³-hybridized carbons (Fsp3) is 0.0500. The van der Waals surface area contributed by atoms with Crippen molar-refractivity contribution in [3.05, 3.63) is 78.9 Å². The van der Waals surface area contributed by atoms with Crippen LogP contribution in [0.2, 0.25) is 0 Å². The van der Waals surface area contributed by atoms with Crippen molar-refractivity contribution < 1.29 is 4.74 Å². The van der Waals surface area contributed by atoms with Gasteiger partial charge in [0.05, 0.1) is 0 Å². The highest BCUT2D eigenvalue weighted by Crippen LogP contribution is 2.32. The summed E-state index contributed by atoms with van der Waals surface area (Å²) in [6.07, 6.45) is 2.57. The van der Waals surface area contributed by atoms with Gasteiger partial charge in [-0.1, -0.05) is 59.7 Å². The second-order valence-corrected chi connectivity index (χ2v) is 6.49. The number of benzene rings is 2. The highest BCUT2D eigenvalue weighted by atomic mass is 32.1. The second-order valence-electron chi connectivity index (χ2n) is 5.46. The minimum Gasteiger partial charge on any atom is -0.423 e. The Morgan fingerprint density at radius 3 is 2.64 bits per heavy atom. The molecule has 0 spiro atoms. The first-order valence-electron chi connectivity index (χ1n) is 7.90. The van der Waals surface area contributed by atoms with Gasteiger partial charge in [-0.3, -0.25) is 0 Å². The Morgan fingerprint density at radius 1 is 1.00 bits per heavy atom. The Bertz CT molecular complexity index is 1030. The molecular weight excluding hydrogens is 330 g/mol. The van der Waals surface area contributed by atoms with Crippen molar-refractivity contribution in [1.29, 1.82) is 0 Å². The molecule has 122 valence electrons. The van der Waals surface area contributed by atoms with E-state index in [0.717, 1.165) is 38.5 Å². The predicted octanol–water partition coefficient (Wildman–Crippen LogP) is 5.27. The Labute approximate surface area is 149 Å². The number of ether oxygens (including phenoxy) is 1. The first kappa shape index (κ1) is 15.5. The number of nitrogens with zero attached hydrogens (tertiary/aromatic N) is 3. The highest BCUT2D eigenvalue weighted by molar-refractivity contribution is 7.21. The average molecular weight is 345 g/mol. The first-order chi connectivity index (χ1) is 12.3. The smallest absolute Gasteiger partial charge is 0.342 e. The molecule has 0 aliphatic rings. The molecule has 2 heterocycles. The maximum Gasteiger partial charge on any atom is 0.342 e. The molecule has 0 bridgehead atoms. The second kappa shape index (κ2) is 6.83. The number of hydrogen-bond acceptors (Lipinski definition) is 5. The third-order valence-corrected chi connectivity index (χ3v) is 4.80. The average Bonchev–Trinajstić information content (AvgIpc) is 3.08. The Hall–Kier alpha value is -3.05. The lowest BCUT2D eigenvalue weighted by Gasteiger charge is -2.07. The molecular formula is C20H15N3OS. The normalized spacial score (nSPS) is 10.7. The van der Waals surface area contributed by atoms with Crippen molar-refractivity contribution >= 4 is 21.7 Å². The number of aromatic nitrogens is 3. The van der Waals surface area contributed by atoms with Crippen molar-refractivity contribution in [2.24, 2.45) is 0 Å². The zero-order chi connectivity index (χ0) is 17.1. The molecule has 4 rings (SSSR count). The summed E-state index contributed by atoms with van der Waals surface area (Å²) < 4.78 is 5.86. The van der Waals surface area contributed by atoms with Crippen molar-refractivity contribution in [2.75, 3.05) is 0 Å². The van der Waals surface area contributed by atoms with Crippen LogP contribution in [0.4, 0.5) is 0 Å². The van der Waals surface area contributed by atoms with E-state index in [-0.39, 0.29) is 6.01 Å². The van der Waals surface area contributed by atoms with Crippen LogP contribution in [0.3, 0.4) is 0 Å². The molecule has 5 heteroatoms. The van der Waals surface area contributed by atoms with E-state index >= 15 is 0 Å². The maximum atomic E-state index is 5.86. The lowest BCUT2D eigenvalue weighted by Crippen LogP contribution is -1.96. The first-order valence-corrected chi connectivity index (χ1v) is 8.71. The van der Waals surface area contributed by atoms with Crippen LogP contribution in [0.15, 0.2) is 73.3 Å². The molecule has 0 saturated carbocycles. The van der Waals surface area contributed by atoms with Crippen molar-refractivity contribution in [3.8, 4) is 22.2 Å². The molecule has 0 radical (unpaired) electrons. The summed E-state index contributed by atoms with van der Waals surface area (Å²) >= 11 is 1.58. The molecule has 4 nitrogen and oxygen atoms in total. The van der Waals surface area contributed by atoms with Gasteiger partial charge in [0, 0.05) is 4.88 Å². The van der Waals surface area contributed by atoms with Crippen LogP contribution in [-0.4, -0.2) is 15.2 Å². The fourth-order valence-electron chi connectivity index (χ4n) is 2.54. The van der Waals surface area contributed by atoms with Crippen LogP contribution in [-0.2, 0) is 6.42 Å². The molecule has 0 atom stereocenters. The van der Waals surface area contributed by atoms with Gasteiger partial charge >= 0.3 is 6.01 Å². The number of para-hydroxylation sites is 1. The number of allylic oxidation sites excluding steroid dienone is 1. The van der Waals surface area contributed by atoms with Crippen LogP contribution in [0.5, 0.6) is 11.8 Å². The van der Waals surface area contributed by atoms with Crippen LogP contribution in [0.1, 0.15) is 5.56 Å². The van der Waals surface area contributed by atoms with Gasteiger partial charge in [-0.15, -0.1) is 23.0 Å². The Morgan fingerprint density at radius 2 is 1.80 bits per heavy atom. The van der Waals surface area contributed by atoms with Crippen LogP contribution >= 0.6 is 11.3 Å². The minimum atomic E-state index is 0.255. The van der Waals surface area contributed by atoms with E-state index in [1.54, 1.807) is 11.3 Å². The van der Waals surface area contributed by atoms with Crippen molar-refractivity contribution in [2.45, 2.75) is 6.42 Å². The molecule has 0 fully saturated rings. The summed E-state index contributed by atoms with van der Waals surface area (Å²) in [6.45, 7) is 3.78. The fourth-order valence-corrected chi connectivity index (χ4v) is 3.50. The van der Waals surface area contributed by atoms with Gasteiger partial charge in [0.15, 0.2) is 0 Å². The van der Waals surface area contributed by atoms with Crippen LogP contribution in [0, 0.1) is 0 Å². The van der Waals surface area contributed by atoms with E-state index < -0.39 is 0 Å². The van der Waals surface area contributed by atoms with Crippen molar-refractivity contribution in [3.63, 3.8) is 0 Å².